The molecule has 0 aliphatic rings. The number of hydrogen-bond donors (Lipinski definition) is 1. The molecule has 2 nitrogen and oxygen atoms in total. The zero-order valence-corrected chi connectivity index (χ0v) is 5.80. The fraction of sp³-hybridized carbons (Fsp3) is 0.143. The molecule has 0 amide bonds. The first-order valence-corrected chi connectivity index (χ1v) is 3.03. The number of phenolic OH excluding ortho intramolecular Hbond substituents is 1. The molecule has 0 saturated heterocycles. The number of benzene rings is 1. The van der Waals surface area contributed by atoms with E-state index in [0.717, 1.165) is 12.1 Å². The first-order chi connectivity index (χ1) is 5.59. The van der Waals surface area contributed by atoms with Crippen LogP contribution in [-0.4, -0.2) is 11.7 Å². The molecule has 1 aromatic rings. The molecule has 1 N–H and O–H groups in total. The molecule has 0 aliphatic carbocycles. The van der Waals surface area contributed by atoms with E-state index < -0.39 is 23.9 Å². The number of ether oxygens (including phenoxy) is 1. The first-order valence-electron chi connectivity index (χ1n) is 3.03. The fourth-order valence-corrected chi connectivity index (χ4v) is 0.686. The highest BCUT2D eigenvalue weighted by atomic mass is 19.3. The van der Waals surface area contributed by atoms with E-state index in [1.54, 1.807) is 0 Å². The van der Waals surface area contributed by atoms with Crippen LogP contribution in [0.4, 0.5) is 13.2 Å². The summed E-state index contributed by atoms with van der Waals surface area (Å²) in [7, 11) is 0. The van der Waals surface area contributed by atoms with Gasteiger partial charge in [0, 0.05) is 6.07 Å². The molecule has 0 bridgehead atoms. The van der Waals surface area contributed by atoms with Crippen molar-refractivity contribution >= 4 is 0 Å². The van der Waals surface area contributed by atoms with Crippen molar-refractivity contribution in [2.24, 2.45) is 0 Å². The Kier molecular flexibility index (Phi) is 2.42. The van der Waals surface area contributed by atoms with Crippen LogP contribution >= 0.6 is 0 Å². The van der Waals surface area contributed by atoms with Gasteiger partial charge in [0.1, 0.15) is 5.82 Å². The molecule has 0 aliphatic heterocycles. The molecule has 0 spiro atoms. The van der Waals surface area contributed by atoms with Gasteiger partial charge in [0.25, 0.3) is 0 Å². The lowest BCUT2D eigenvalue weighted by molar-refractivity contribution is -0.0513. The van der Waals surface area contributed by atoms with E-state index in [4.69, 9.17) is 5.11 Å². The molecule has 1 aromatic carbocycles. The highest BCUT2D eigenvalue weighted by molar-refractivity contribution is 5.38. The molecule has 0 unspecified atom stereocenters. The summed E-state index contributed by atoms with van der Waals surface area (Å²) in [6, 6.07) is 2.53. The highest BCUT2D eigenvalue weighted by Crippen LogP contribution is 2.27. The second-order valence-electron chi connectivity index (χ2n) is 1.99. The van der Waals surface area contributed by atoms with Gasteiger partial charge in [0.2, 0.25) is 0 Å². The molecular weight excluding hydrogens is 173 g/mol. The van der Waals surface area contributed by atoms with Crippen molar-refractivity contribution in [1.29, 1.82) is 0 Å². The largest absolute Gasteiger partial charge is 0.504 e. The van der Waals surface area contributed by atoms with Gasteiger partial charge in [-0.15, -0.1) is 0 Å². The van der Waals surface area contributed by atoms with E-state index in [0.29, 0.717) is 6.07 Å². The molecule has 5 heteroatoms. The van der Waals surface area contributed by atoms with Crippen molar-refractivity contribution in [3.63, 3.8) is 0 Å². The maximum atomic E-state index is 12.3. The van der Waals surface area contributed by atoms with Crippen molar-refractivity contribution in [1.82, 2.24) is 0 Å². The van der Waals surface area contributed by atoms with Crippen molar-refractivity contribution in [3.8, 4) is 11.5 Å². The minimum absolute atomic E-state index is 0.439. The van der Waals surface area contributed by atoms with Crippen LogP contribution < -0.4 is 4.74 Å². The van der Waals surface area contributed by atoms with Gasteiger partial charge in [-0.05, 0) is 12.1 Å². The molecule has 0 saturated carbocycles. The van der Waals surface area contributed by atoms with Crippen LogP contribution in [0.5, 0.6) is 11.5 Å². The lowest BCUT2D eigenvalue weighted by atomic mass is 10.3. The summed E-state index contributed by atoms with van der Waals surface area (Å²) >= 11 is 0. The van der Waals surface area contributed by atoms with E-state index in [9.17, 15) is 13.2 Å². The number of phenols is 1. The zero-order valence-electron chi connectivity index (χ0n) is 5.80. The number of alkyl halides is 2. The topological polar surface area (TPSA) is 29.5 Å². The van der Waals surface area contributed by atoms with Gasteiger partial charge in [-0.25, -0.2) is 4.39 Å². The summed E-state index contributed by atoms with van der Waals surface area (Å²) in [5.74, 6) is -1.80. The Bertz CT molecular complexity index is 275. The molecule has 1 rings (SSSR count). The molecule has 0 heterocycles. The Hall–Kier alpha value is -1.39. The third kappa shape index (κ3) is 2.05. The Balaban J connectivity index is 2.86. The van der Waals surface area contributed by atoms with E-state index in [-0.39, 0.29) is 0 Å². The number of rotatable bonds is 2. The number of hydrogen-bond acceptors (Lipinski definition) is 2. The van der Waals surface area contributed by atoms with Gasteiger partial charge in [0.15, 0.2) is 11.5 Å². The zero-order chi connectivity index (χ0) is 9.14. The average molecular weight is 178 g/mol. The Morgan fingerprint density at radius 3 is 2.50 bits per heavy atom. The smallest absolute Gasteiger partial charge is 0.387 e. The third-order valence-electron chi connectivity index (χ3n) is 1.14. The lowest BCUT2D eigenvalue weighted by Crippen LogP contribution is -2.01. The average Bonchev–Trinajstić information content (AvgIpc) is 1.94. The number of halogens is 3. The maximum absolute atomic E-state index is 12.3. The Morgan fingerprint density at radius 2 is 2.00 bits per heavy atom. The molecule has 12 heavy (non-hydrogen) atoms. The summed E-state index contributed by atoms with van der Waals surface area (Å²) in [6.45, 7) is -3.03. The quantitative estimate of drug-likeness (QED) is 0.751. The first kappa shape index (κ1) is 8.70. The lowest BCUT2D eigenvalue weighted by Gasteiger charge is -2.05. The van der Waals surface area contributed by atoms with Crippen LogP contribution in [-0.2, 0) is 0 Å². The van der Waals surface area contributed by atoms with Gasteiger partial charge >= 0.3 is 6.61 Å². The van der Waals surface area contributed by atoms with Crippen LogP contribution in [0.1, 0.15) is 0 Å². The van der Waals surface area contributed by atoms with Gasteiger partial charge < -0.3 is 9.84 Å². The van der Waals surface area contributed by atoms with Gasteiger partial charge in [-0.1, -0.05) is 0 Å². The van der Waals surface area contributed by atoms with E-state index in [1.807, 2.05) is 0 Å². The van der Waals surface area contributed by atoms with Crippen molar-refractivity contribution < 1.29 is 23.0 Å². The third-order valence-corrected chi connectivity index (χ3v) is 1.14. The predicted octanol–water partition coefficient (Wildman–Crippen LogP) is 2.13. The van der Waals surface area contributed by atoms with Gasteiger partial charge in [0.05, 0.1) is 0 Å². The SMILES string of the molecule is Oc1cc(F)ccc1OC(F)F. The number of aromatic hydroxyl groups is 1. The minimum Gasteiger partial charge on any atom is -0.504 e. The van der Waals surface area contributed by atoms with Crippen molar-refractivity contribution in [3.05, 3.63) is 24.0 Å². The normalized spacial score (nSPS) is 10.3. The maximum Gasteiger partial charge on any atom is 0.387 e. The molecule has 0 radical (unpaired) electrons. The summed E-state index contributed by atoms with van der Waals surface area (Å²) in [5.41, 5.74) is 0. The second kappa shape index (κ2) is 3.34. The predicted molar refractivity (Wildman–Crippen MR) is 34.7 cm³/mol. The summed E-state index contributed by atoms with van der Waals surface area (Å²) in [5, 5.41) is 8.84. The summed E-state index contributed by atoms with van der Waals surface area (Å²) in [4.78, 5) is 0. The van der Waals surface area contributed by atoms with Crippen molar-refractivity contribution in [2.45, 2.75) is 6.61 Å². The van der Waals surface area contributed by atoms with Gasteiger partial charge in [-0.3, -0.25) is 0 Å². The van der Waals surface area contributed by atoms with Crippen LogP contribution in [0.25, 0.3) is 0 Å². The molecule has 66 valence electrons. The summed E-state index contributed by atoms with van der Waals surface area (Å²) < 4.78 is 39.3. The van der Waals surface area contributed by atoms with Gasteiger partial charge in [-0.2, -0.15) is 8.78 Å². The molecule has 0 fully saturated rings. The summed E-state index contributed by atoms with van der Waals surface area (Å²) in [6.07, 6.45) is 0. The van der Waals surface area contributed by atoms with E-state index in [1.165, 1.54) is 0 Å². The second-order valence-corrected chi connectivity index (χ2v) is 1.99. The van der Waals surface area contributed by atoms with Crippen LogP contribution in [0.3, 0.4) is 0 Å². The van der Waals surface area contributed by atoms with Crippen LogP contribution in [0, 0.1) is 5.82 Å². The fourth-order valence-electron chi connectivity index (χ4n) is 0.686. The van der Waals surface area contributed by atoms with E-state index >= 15 is 0 Å². The van der Waals surface area contributed by atoms with Crippen LogP contribution in [0.15, 0.2) is 18.2 Å². The highest BCUT2D eigenvalue weighted by Gasteiger charge is 2.08. The minimum atomic E-state index is -3.03. The Labute approximate surface area is 66.2 Å². The molecular formula is C7H5F3O2. The van der Waals surface area contributed by atoms with Crippen molar-refractivity contribution in [2.75, 3.05) is 0 Å². The molecule has 0 atom stereocenters. The standard InChI is InChI=1S/C7H5F3O2/c8-4-1-2-6(5(11)3-4)12-7(9)10/h1-3,7,11H. The Morgan fingerprint density at radius 1 is 1.33 bits per heavy atom. The van der Waals surface area contributed by atoms with Crippen LogP contribution in [0.2, 0.25) is 0 Å². The molecule has 0 aromatic heterocycles. The van der Waals surface area contributed by atoms with E-state index in [2.05, 4.69) is 4.74 Å². The monoisotopic (exact) mass is 178 g/mol.